The minimum atomic E-state index is 0. The van der Waals surface area contributed by atoms with E-state index < -0.39 is 0 Å². The molecule has 1 saturated heterocycles. The van der Waals surface area contributed by atoms with Crippen LogP contribution in [0.1, 0.15) is 35.2 Å². The summed E-state index contributed by atoms with van der Waals surface area (Å²) in [7, 11) is 0. The molecular formula is C15H22ClIN2O. The average molecular weight is 409 g/mol. The van der Waals surface area contributed by atoms with Crippen molar-refractivity contribution in [2.45, 2.75) is 26.2 Å². The molecule has 3 nitrogen and oxygen atoms in total. The standard InChI is InChI=1S/C15H21IN2O.ClH/c1-11-4-5-13(9-14(11)16)15(19)18-8-6-12-3-2-7-17-10-12;/h4-5,9,12,17H,2-3,6-8,10H2,1H3,(H,18,19);1H. The second kappa shape index (κ2) is 8.85. The van der Waals surface area contributed by atoms with E-state index in [4.69, 9.17) is 0 Å². The van der Waals surface area contributed by atoms with Gasteiger partial charge in [0.2, 0.25) is 0 Å². The average Bonchev–Trinajstić information content (AvgIpc) is 2.43. The van der Waals surface area contributed by atoms with E-state index in [1.807, 2.05) is 18.2 Å². The first kappa shape index (κ1) is 17.7. The van der Waals surface area contributed by atoms with Crippen LogP contribution < -0.4 is 10.6 Å². The zero-order valence-corrected chi connectivity index (χ0v) is 14.7. The summed E-state index contributed by atoms with van der Waals surface area (Å²) < 4.78 is 1.14. The third-order valence-electron chi connectivity index (χ3n) is 3.67. The van der Waals surface area contributed by atoms with E-state index in [0.717, 1.165) is 35.2 Å². The molecule has 0 saturated carbocycles. The van der Waals surface area contributed by atoms with E-state index in [1.54, 1.807) is 0 Å². The number of carbonyl (C=O) groups excluding carboxylic acids is 1. The molecule has 1 aliphatic heterocycles. The van der Waals surface area contributed by atoms with Crippen LogP contribution in [0.15, 0.2) is 18.2 Å². The number of hydrogen-bond acceptors (Lipinski definition) is 2. The van der Waals surface area contributed by atoms with E-state index in [0.29, 0.717) is 5.92 Å². The minimum Gasteiger partial charge on any atom is -0.352 e. The number of piperidine rings is 1. The lowest BCUT2D eigenvalue weighted by Gasteiger charge is -2.22. The van der Waals surface area contributed by atoms with Gasteiger partial charge in [-0.3, -0.25) is 4.79 Å². The van der Waals surface area contributed by atoms with E-state index in [1.165, 1.54) is 18.4 Å². The molecule has 0 bridgehead atoms. The Kier molecular flexibility index (Phi) is 7.84. The summed E-state index contributed by atoms with van der Waals surface area (Å²) in [4.78, 5) is 12.0. The van der Waals surface area contributed by atoms with Crippen molar-refractivity contribution in [3.63, 3.8) is 0 Å². The molecule has 2 rings (SSSR count). The van der Waals surface area contributed by atoms with Crippen molar-refractivity contribution in [2.24, 2.45) is 5.92 Å². The molecule has 0 spiro atoms. The molecule has 1 aliphatic rings. The number of rotatable bonds is 4. The Hall–Kier alpha value is -0.330. The Morgan fingerprint density at radius 3 is 2.95 bits per heavy atom. The first-order valence-electron chi connectivity index (χ1n) is 6.92. The monoisotopic (exact) mass is 408 g/mol. The van der Waals surface area contributed by atoms with Crippen LogP contribution in [0.5, 0.6) is 0 Å². The van der Waals surface area contributed by atoms with Crippen LogP contribution in [0.4, 0.5) is 0 Å². The van der Waals surface area contributed by atoms with Crippen molar-refractivity contribution in [1.29, 1.82) is 0 Å². The highest BCUT2D eigenvalue weighted by Crippen LogP contribution is 2.15. The van der Waals surface area contributed by atoms with Crippen LogP contribution >= 0.6 is 35.0 Å². The zero-order valence-electron chi connectivity index (χ0n) is 11.7. The zero-order chi connectivity index (χ0) is 13.7. The van der Waals surface area contributed by atoms with Crippen LogP contribution in [0, 0.1) is 16.4 Å². The number of nitrogens with one attached hydrogen (secondary N) is 2. The number of aryl methyl sites for hydroxylation is 1. The Labute approximate surface area is 140 Å². The maximum Gasteiger partial charge on any atom is 0.251 e. The van der Waals surface area contributed by atoms with E-state index in [2.05, 4.69) is 40.1 Å². The SMILES string of the molecule is Cc1ccc(C(=O)NCCC2CCCNC2)cc1I.Cl. The topological polar surface area (TPSA) is 41.1 Å². The van der Waals surface area contributed by atoms with Gasteiger partial charge in [0.1, 0.15) is 0 Å². The van der Waals surface area contributed by atoms with Gasteiger partial charge < -0.3 is 10.6 Å². The number of carbonyl (C=O) groups is 1. The molecule has 1 unspecified atom stereocenters. The molecule has 0 aromatic heterocycles. The van der Waals surface area contributed by atoms with Crippen molar-refractivity contribution in [1.82, 2.24) is 10.6 Å². The van der Waals surface area contributed by atoms with Gasteiger partial charge in [0, 0.05) is 15.7 Å². The second-order valence-corrected chi connectivity index (χ2v) is 6.38. The molecule has 1 aromatic carbocycles. The molecule has 1 heterocycles. The van der Waals surface area contributed by atoms with Gasteiger partial charge in [0.25, 0.3) is 5.91 Å². The molecule has 112 valence electrons. The summed E-state index contributed by atoms with van der Waals surface area (Å²) in [5, 5.41) is 6.43. The highest BCUT2D eigenvalue weighted by atomic mass is 127. The Morgan fingerprint density at radius 1 is 1.50 bits per heavy atom. The summed E-state index contributed by atoms with van der Waals surface area (Å²) in [6, 6.07) is 5.85. The van der Waals surface area contributed by atoms with Crippen molar-refractivity contribution in [3.05, 3.63) is 32.9 Å². The first-order valence-corrected chi connectivity index (χ1v) is 8.00. The molecular weight excluding hydrogens is 387 g/mol. The number of amides is 1. The van der Waals surface area contributed by atoms with Gasteiger partial charge >= 0.3 is 0 Å². The third-order valence-corrected chi connectivity index (χ3v) is 4.83. The van der Waals surface area contributed by atoms with Gasteiger partial charge in [-0.1, -0.05) is 6.07 Å². The number of benzene rings is 1. The highest BCUT2D eigenvalue weighted by molar-refractivity contribution is 14.1. The normalized spacial score (nSPS) is 18.2. The summed E-state index contributed by atoms with van der Waals surface area (Å²) in [6.45, 7) is 5.07. The van der Waals surface area contributed by atoms with Gasteiger partial charge in [-0.2, -0.15) is 0 Å². The van der Waals surface area contributed by atoms with Crippen LogP contribution in [0.3, 0.4) is 0 Å². The smallest absolute Gasteiger partial charge is 0.251 e. The molecule has 0 radical (unpaired) electrons. The maximum absolute atomic E-state index is 12.0. The largest absolute Gasteiger partial charge is 0.352 e. The molecule has 0 aliphatic carbocycles. The van der Waals surface area contributed by atoms with Crippen LogP contribution in [-0.2, 0) is 0 Å². The van der Waals surface area contributed by atoms with Crippen molar-refractivity contribution < 1.29 is 4.79 Å². The lowest BCUT2D eigenvalue weighted by molar-refractivity contribution is 0.0950. The molecule has 2 N–H and O–H groups in total. The van der Waals surface area contributed by atoms with Crippen molar-refractivity contribution in [3.8, 4) is 0 Å². The van der Waals surface area contributed by atoms with Gasteiger partial charge in [-0.05, 0) is 85.5 Å². The fraction of sp³-hybridized carbons (Fsp3) is 0.533. The molecule has 1 atom stereocenters. The van der Waals surface area contributed by atoms with Gasteiger partial charge in [-0.25, -0.2) is 0 Å². The number of hydrogen-bond donors (Lipinski definition) is 2. The minimum absolute atomic E-state index is 0. The Bertz CT molecular complexity index is 447. The predicted octanol–water partition coefficient (Wildman–Crippen LogP) is 3.14. The second-order valence-electron chi connectivity index (χ2n) is 5.22. The fourth-order valence-corrected chi connectivity index (χ4v) is 2.91. The Morgan fingerprint density at radius 2 is 2.30 bits per heavy atom. The first-order chi connectivity index (χ1) is 9.16. The lowest BCUT2D eigenvalue weighted by Crippen LogP contribution is -2.33. The molecule has 1 fully saturated rings. The molecule has 1 amide bonds. The summed E-state index contributed by atoms with van der Waals surface area (Å²) >= 11 is 2.27. The van der Waals surface area contributed by atoms with Crippen molar-refractivity contribution in [2.75, 3.05) is 19.6 Å². The predicted molar refractivity (Wildman–Crippen MR) is 93.7 cm³/mol. The fourth-order valence-electron chi connectivity index (χ4n) is 2.40. The molecule has 1 aromatic rings. The van der Waals surface area contributed by atoms with E-state index >= 15 is 0 Å². The number of halogens is 2. The maximum atomic E-state index is 12.0. The third kappa shape index (κ3) is 5.22. The van der Waals surface area contributed by atoms with Crippen molar-refractivity contribution >= 4 is 40.9 Å². The van der Waals surface area contributed by atoms with Crippen LogP contribution in [-0.4, -0.2) is 25.5 Å². The van der Waals surface area contributed by atoms with E-state index in [-0.39, 0.29) is 18.3 Å². The highest BCUT2D eigenvalue weighted by Gasteiger charge is 2.13. The quantitative estimate of drug-likeness (QED) is 0.752. The van der Waals surface area contributed by atoms with E-state index in [9.17, 15) is 4.79 Å². The van der Waals surface area contributed by atoms with Gasteiger partial charge in [-0.15, -0.1) is 12.4 Å². The van der Waals surface area contributed by atoms with Gasteiger partial charge in [0.15, 0.2) is 0 Å². The summed E-state index contributed by atoms with van der Waals surface area (Å²) in [5.41, 5.74) is 1.97. The van der Waals surface area contributed by atoms with Crippen LogP contribution in [0.25, 0.3) is 0 Å². The lowest BCUT2D eigenvalue weighted by atomic mass is 9.96. The van der Waals surface area contributed by atoms with Crippen LogP contribution in [0.2, 0.25) is 0 Å². The summed E-state index contributed by atoms with van der Waals surface area (Å²) in [5.74, 6) is 0.758. The Balaban J connectivity index is 0.00000200. The molecule has 5 heteroatoms. The van der Waals surface area contributed by atoms with Gasteiger partial charge in [0.05, 0.1) is 0 Å². The molecule has 20 heavy (non-hydrogen) atoms. The summed E-state index contributed by atoms with van der Waals surface area (Å²) in [6.07, 6.45) is 3.61.